The van der Waals surface area contributed by atoms with Crippen LogP contribution in [0.3, 0.4) is 0 Å². The first-order valence-electron chi connectivity index (χ1n) is 9.65. The number of anilines is 1. The molecule has 1 N–H and O–H groups in total. The first kappa shape index (κ1) is 22.2. The number of nitrogens with one attached hydrogen (secondary N) is 1. The zero-order chi connectivity index (χ0) is 22.3. The van der Waals surface area contributed by atoms with Crippen molar-refractivity contribution in [1.29, 1.82) is 0 Å². The number of aromatic nitrogens is 3. The van der Waals surface area contributed by atoms with Crippen LogP contribution in [0, 0.1) is 0 Å². The van der Waals surface area contributed by atoms with Crippen LogP contribution >= 0.6 is 35.0 Å². The number of halogens is 2. The van der Waals surface area contributed by atoms with Crippen LogP contribution in [-0.2, 0) is 11.4 Å². The molecule has 1 amide bonds. The average Bonchev–Trinajstić information content (AvgIpc) is 3.20. The maximum atomic E-state index is 12.4. The Balaban J connectivity index is 1.51. The third-order valence-electron chi connectivity index (χ3n) is 4.34. The number of hydrogen-bond acceptors (Lipinski definition) is 5. The Morgan fingerprint density at radius 1 is 0.938 bits per heavy atom. The van der Waals surface area contributed by atoms with Crippen LogP contribution < -0.4 is 10.1 Å². The fraction of sp³-hybridized carbons (Fsp3) is 0.0870. The Morgan fingerprint density at radius 2 is 1.72 bits per heavy atom. The van der Waals surface area contributed by atoms with Crippen molar-refractivity contribution >= 4 is 46.6 Å². The highest BCUT2D eigenvalue weighted by molar-refractivity contribution is 7.99. The number of nitrogens with zero attached hydrogens (tertiary/aromatic N) is 3. The fourth-order valence-electron chi connectivity index (χ4n) is 2.89. The second-order valence-corrected chi connectivity index (χ2v) is 8.47. The van der Waals surface area contributed by atoms with Crippen molar-refractivity contribution in [3.05, 3.63) is 94.7 Å². The second kappa shape index (κ2) is 10.5. The average molecular weight is 485 g/mol. The van der Waals surface area contributed by atoms with Gasteiger partial charge < -0.3 is 10.1 Å². The van der Waals surface area contributed by atoms with Crippen molar-refractivity contribution in [2.24, 2.45) is 0 Å². The molecule has 0 saturated carbocycles. The summed E-state index contributed by atoms with van der Waals surface area (Å²) in [6.45, 7) is 0.217. The van der Waals surface area contributed by atoms with E-state index in [4.69, 9.17) is 27.9 Å². The van der Waals surface area contributed by atoms with Crippen LogP contribution in [0.4, 0.5) is 5.69 Å². The molecule has 32 heavy (non-hydrogen) atoms. The topological polar surface area (TPSA) is 69.0 Å². The largest absolute Gasteiger partial charge is 0.486 e. The smallest absolute Gasteiger partial charge is 0.234 e. The molecule has 0 atom stereocenters. The van der Waals surface area contributed by atoms with Crippen molar-refractivity contribution < 1.29 is 9.53 Å². The molecule has 0 saturated heterocycles. The number of carbonyl (C=O) groups excluding carboxylic acids is 1. The third-order valence-corrected chi connectivity index (χ3v) is 5.75. The molecule has 4 aromatic rings. The molecule has 9 heteroatoms. The van der Waals surface area contributed by atoms with Gasteiger partial charge in [-0.3, -0.25) is 9.36 Å². The Bertz CT molecular complexity index is 1200. The number of para-hydroxylation sites is 1. The summed E-state index contributed by atoms with van der Waals surface area (Å²) in [5.74, 6) is 1.31. The minimum Gasteiger partial charge on any atom is -0.486 e. The monoisotopic (exact) mass is 484 g/mol. The number of thioether (sulfide) groups is 1. The minimum absolute atomic E-state index is 0.151. The zero-order valence-electron chi connectivity index (χ0n) is 16.7. The number of rotatable bonds is 8. The van der Waals surface area contributed by atoms with Crippen molar-refractivity contribution in [1.82, 2.24) is 14.8 Å². The molecule has 4 rings (SSSR count). The standard InChI is InChI=1S/C23H18Cl2N4O2S/c24-16-9-11-19(12-10-16)29-21(14-31-20-7-2-1-3-8-20)27-28-23(29)32-15-22(30)26-18-6-4-5-17(25)13-18/h1-13H,14-15H2,(H,26,30). The number of carbonyl (C=O) groups is 1. The van der Waals surface area contributed by atoms with Gasteiger partial charge in [0, 0.05) is 21.4 Å². The second-order valence-electron chi connectivity index (χ2n) is 6.66. The van der Waals surface area contributed by atoms with Gasteiger partial charge in [-0.25, -0.2) is 0 Å². The summed E-state index contributed by atoms with van der Waals surface area (Å²) < 4.78 is 7.71. The zero-order valence-corrected chi connectivity index (χ0v) is 19.1. The van der Waals surface area contributed by atoms with Gasteiger partial charge in [0.25, 0.3) is 0 Å². The van der Waals surface area contributed by atoms with Gasteiger partial charge in [0.1, 0.15) is 12.4 Å². The summed E-state index contributed by atoms with van der Waals surface area (Å²) in [6.07, 6.45) is 0. The van der Waals surface area contributed by atoms with Crippen molar-refractivity contribution in [3.63, 3.8) is 0 Å². The van der Waals surface area contributed by atoms with Gasteiger partial charge in [0.05, 0.1) is 5.75 Å². The van der Waals surface area contributed by atoms with E-state index in [1.54, 1.807) is 36.4 Å². The lowest BCUT2D eigenvalue weighted by molar-refractivity contribution is -0.113. The summed E-state index contributed by atoms with van der Waals surface area (Å²) in [5, 5.41) is 13.2. The van der Waals surface area contributed by atoms with E-state index in [0.717, 1.165) is 11.4 Å². The molecule has 0 unspecified atom stereocenters. The fourth-order valence-corrected chi connectivity index (χ4v) is 3.98. The molecule has 6 nitrogen and oxygen atoms in total. The summed E-state index contributed by atoms with van der Waals surface area (Å²) in [7, 11) is 0. The maximum Gasteiger partial charge on any atom is 0.234 e. The number of benzene rings is 3. The minimum atomic E-state index is -0.176. The van der Waals surface area contributed by atoms with E-state index >= 15 is 0 Å². The first-order chi connectivity index (χ1) is 15.6. The Morgan fingerprint density at radius 3 is 2.47 bits per heavy atom. The molecular weight excluding hydrogens is 467 g/mol. The van der Waals surface area contributed by atoms with Crippen molar-refractivity contribution in [2.75, 3.05) is 11.1 Å². The third kappa shape index (κ3) is 5.82. The maximum absolute atomic E-state index is 12.4. The lowest BCUT2D eigenvalue weighted by atomic mass is 10.3. The van der Waals surface area contributed by atoms with E-state index < -0.39 is 0 Å². The lowest BCUT2D eigenvalue weighted by Gasteiger charge is -2.11. The van der Waals surface area contributed by atoms with Gasteiger partial charge in [0.2, 0.25) is 5.91 Å². The summed E-state index contributed by atoms with van der Waals surface area (Å²) in [5.41, 5.74) is 1.46. The van der Waals surface area contributed by atoms with E-state index in [1.165, 1.54) is 11.8 Å². The number of ether oxygens (including phenoxy) is 1. The van der Waals surface area contributed by atoms with Gasteiger partial charge >= 0.3 is 0 Å². The molecule has 0 aliphatic carbocycles. The van der Waals surface area contributed by atoms with Crippen molar-refractivity contribution in [2.45, 2.75) is 11.8 Å². The van der Waals surface area contributed by atoms with Gasteiger partial charge in [-0.05, 0) is 54.6 Å². The highest BCUT2D eigenvalue weighted by Crippen LogP contribution is 2.25. The van der Waals surface area contributed by atoms with E-state index in [-0.39, 0.29) is 18.3 Å². The van der Waals surface area contributed by atoms with Crippen LogP contribution in [0.5, 0.6) is 5.75 Å². The van der Waals surface area contributed by atoms with Gasteiger partial charge in [-0.2, -0.15) is 0 Å². The predicted molar refractivity (Wildman–Crippen MR) is 128 cm³/mol. The van der Waals surface area contributed by atoms with Crippen molar-refractivity contribution in [3.8, 4) is 11.4 Å². The summed E-state index contributed by atoms with van der Waals surface area (Å²) in [6, 6.07) is 23.8. The Labute approximate surface area is 199 Å². The molecule has 0 aliphatic heterocycles. The highest BCUT2D eigenvalue weighted by atomic mass is 35.5. The molecular formula is C23H18Cl2N4O2S. The van der Waals surface area contributed by atoms with Gasteiger partial charge in [-0.15, -0.1) is 10.2 Å². The van der Waals surface area contributed by atoms with E-state index in [9.17, 15) is 4.79 Å². The summed E-state index contributed by atoms with van der Waals surface area (Å²) in [4.78, 5) is 12.4. The van der Waals surface area contributed by atoms with E-state index in [0.29, 0.717) is 26.7 Å². The Hall–Kier alpha value is -3.00. The van der Waals surface area contributed by atoms with Crippen LogP contribution in [0.2, 0.25) is 10.0 Å². The van der Waals surface area contributed by atoms with Crippen LogP contribution in [0.1, 0.15) is 5.82 Å². The van der Waals surface area contributed by atoms with E-state index in [2.05, 4.69) is 15.5 Å². The molecule has 0 bridgehead atoms. The molecule has 0 spiro atoms. The highest BCUT2D eigenvalue weighted by Gasteiger charge is 2.17. The first-order valence-corrected chi connectivity index (χ1v) is 11.4. The lowest BCUT2D eigenvalue weighted by Crippen LogP contribution is -2.14. The van der Waals surface area contributed by atoms with Gasteiger partial charge in [-0.1, -0.05) is 59.2 Å². The van der Waals surface area contributed by atoms with Gasteiger partial charge in [0.15, 0.2) is 11.0 Å². The molecule has 3 aromatic carbocycles. The quantitative estimate of drug-likeness (QED) is 0.316. The summed E-state index contributed by atoms with van der Waals surface area (Å²) >= 11 is 13.3. The molecule has 1 heterocycles. The number of amides is 1. The Kier molecular flexibility index (Phi) is 7.32. The number of hydrogen-bond donors (Lipinski definition) is 1. The predicted octanol–water partition coefficient (Wildman–Crippen LogP) is 5.88. The molecule has 162 valence electrons. The molecule has 1 aromatic heterocycles. The van der Waals surface area contributed by atoms with Crippen LogP contribution in [0.15, 0.2) is 84.0 Å². The van der Waals surface area contributed by atoms with Crippen LogP contribution in [0.25, 0.3) is 5.69 Å². The molecule has 0 radical (unpaired) electrons. The normalized spacial score (nSPS) is 10.7. The SMILES string of the molecule is O=C(CSc1nnc(COc2ccccc2)n1-c1ccc(Cl)cc1)Nc1cccc(Cl)c1. The van der Waals surface area contributed by atoms with Crippen LogP contribution in [-0.4, -0.2) is 26.4 Å². The molecule has 0 fully saturated rings. The van der Waals surface area contributed by atoms with E-state index in [1.807, 2.05) is 47.0 Å². The molecule has 0 aliphatic rings.